The van der Waals surface area contributed by atoms with Gasteiger partial charge in [0.25, 0.3) is 0 Å². The van der Waals surface area contributed by atoms with Crippen LogP contribution >= 0.6 is 15.9 Å². The van der Waals surface area contributed by atoms with Crippen LogP contribution < -0.4 is 0 Å². The zero-order valence-electron chi connectivity index (χ0n) is 12.8. The highest BCUT2D eigenvalue weighted by Crippen LogP contribution is 2.24. The summed E-state index contributed by atoms with van der Waals surface area (Å²) in [6, 6.07) is 12.2. The van der Waals surface area contributed by atoms with E-state index in [1.165, 1.54) is 20.4 Å². The standard InChI is InChI=1S/C16H16BrN3O2S/c1-19(2)23(21,22)20-10-15(18-11-20)8-13-5-3-4-12-6-7-14(17)9-16(12)13/h3-7,9-11H,8H2,1-2H3. The Balaban J connectivity index is 1.98. The Bertz CT molecular complexity index is 964. The average Bonchev–Trinajstić information content (AvgIpc) is 2.97. The number of nitrogens with zero attached hydrogens (tertiary/aromatic N) is 3. The van der Waals surface area contributed by atoms with Gasteiger partial charge in [0.2, 0.25) is 0 Å². The van der Waals surface area contributed by atoms with Gasteiger partial charge in [-0.2, -0.15) is 12.7 Å². The summed E-state index contributed by atoms with van der Waals surface area (Å²) in [5, 5.41) is 2.28. The minimum atomic E-state index is -3.52. The number of hydrogen-bond acceptors (Lipinski definition) is 3. The van der Waals surface area contributed by atoms with Crippen molar-refractivity contribution in [3.8, 4) is 0 Å². The highest BCUT2D eigenvalue weighted by atomic mass is 79.9. The van der Waals surface area contributed by atoms with Crippen LogP contribution in [0.2, 0.25) is 0 Å². The Morgan fingerprint density at radius 3 is 2.74 bits per heavy atom. The Hall–Kier alpha value is -1.70. The number of benzene rings is 2. The molecular formula is C16H16BrN3O2S. The van der Waals surface area contributed by atoms with Crippen LogP contribution in [0.5, 0.6) is 0 Å². The molecule has 5 nitrogen and oxygen atoms in total. The second-order valence-electron chi connectivity index (χ2n) is 5.44. The van der Waals surface area contributed by atoms with Gasteiger partial charge in [-0.3, -0.25) is 0 Å². The third kappa shape index (κ3) is 3.17. The Morgan fingerprint density at radius 2 is 2.00 bits per heavy atom. The Morgan fingerprint density at radius 1 is 1.22 bits per heavy atom. The molecule has 0 amide bonds. The summed E-state index contributed by atoms with van der Waals surface area (Å²) in [5.74, 6) is 0. The smallest absolute Gasteiger partial charge is 0.240 e. The van der Waals surface area contributed by atoms with Crippen molar-refractivity contribution in [2.75, 3.05) is 14.1 Å². The lowest BCUT2D eigenvalue weighted by Crippen LogP contribution is -2.27. The second-order valence-corrected chi connectivity index (χ2v) is 8.41. The molecule has 2 aromatic carbocycles. The van der Waals surface area contributed by atoms with Gasteiger partial charge in [0.15, 0.2) is 0 Å². The highest BCUT2D eigenvalue weighted by molar-refractivity contribution is 9.10. The lowest BCUT2D eigenvalue weighted by molar-refractivity contribution is 0.510. The van der Waals surface area contributed by atoms with Gasteiger partial charge in [-0.05, 0) is 28.5 Å². The van der Waals surface area contributed by atoms with Crippen LogP contribution in [0.1, 0.15) is 11.3 Å². The van der Waals surface area contributed by atoms with Crippen molar-refractivity contribution in [2.24, 2.45) is 0 Å². The number of halogens is 1. The van der Waals surface area contributed by atoms with Gasteiger partial charge in [0.05, 0.1) is 5.69 Å². The molecule has 0 aliphatic heterocycles. The fraction of sp³-hybridized carbons (Fsp3) is 0.188. The van der Waals surface area contributed by atoms with Crippen molar-refractivity contribution in [3.05, 3.63) is 64.7 Å². The van der Waals surface area contributed by atoms with E-state index in [-0.39, 0.29) is 0 Å². The van der Waals surface area contributed by atoms with Gasteiger partial charge < -0.3 is 0 Å². The van der Waals surface area contributed by atoms with Gasteiger partial charge in [-0.1, -0.05) is 40.2 Å². The topological polar surface area (TPSA) is 55.2 Å². The number of rotatable bonds is 4. The predicted octanol–water partition coefficient (Wildman–Crippen LogP) is 3.04. The lowest BCUT2D eigenvalue weighted by atomic mass is 10.0. The molecule has 0 spiro atoms. The molecule has 3 rings (SSSR count). The summed E-state index contributed by atoms with van der Waals surface area (Å²) in [6.45, 7) is 0. The predicted molar refractivity (Wildman–Crippen MR) is 94.7 cm³/mol. The molecule has 0 saturated carbocycles. The van der Waals surface area contributed by atoms with Crippen molar-refractivity contribution < 1.29 is 8.42 Å². The molecule has 1 heterocycles. The van der Waals surface area contributed by atoms with Gasteiger partial charge in [0.1, 0.15) is 6.33 Å². The van der Waals surface area contributed by atoms with Crippen molar-refractivity contribution in [1.82, 2.24) is 13.3 Å². The zero-order valence-corrected chi connectivity index (χ0v) is 15.2. The number of imidazole rings is 1. The number of aromatic nitrogens is 2. The third-order valence-electron chi connectivity index (χ3n) is 3.65. The maximum atomic E-state index is 12.1. The van der Waals surface area contributed by atoms with E-state index in [4.69, 9.17) is 0 Å². The molecule has 0 radical (unpaired) electrons. The van der Waals surface area contributed by atoms with Crippen LogP contribution in [0.4, 0.5) is 0 Å². The first-order valence-electron chi connectivity index (χ1n) is 7.01. The third-order valence-corrected chi connectivity index (χ3v) is 5.80. The summed E-state index contributed by atoms with van der Waals surface area (Å²) in [5.41, 5.74) is 1.82. The first-order chi connectivity index (χ1) is 10.9. The number of hydrogen-bond donors (Lipinski definition) is 0. The summed E-state index contributed by atoms with van der Waals surface area (Å²) >= 11 is 3.49. The van der Waals surface area contributed by atoms with Crippen LogP contribution in [-0.4, -0.2) is 35.8 Å². The van der Waals surface area contributed by atoms with Crippen molar-refractivity contribution in [2.45, 2.75) is 6.42 Å². The fourth-order valence-corrected chi connectivity index (χ4v) is 3.57. The molecule has 0 atom stereocenters. The van der Waals surface area contributed by atoms with E-state index in [0.717, 1.165) is 29.1 Å². The monoisotopic (exact) mass is 393 g/mol. The quantitative estimate of drug-likeness (QED) is 0.684. The van der Waals surface area contributed by atoms with Crippen LogP contribution in [0.15, 0.2) is 53.4 Å². The molecule has 3 aromatic rings. The molecule has 0 aliphatic carbocycles. The summed E-state index contributed by atoms with van der Waals surface area (Å²) in [6.07, 6.45) is 3.47. The van der Waals surface area contributed by atoms with Crippen LogP contribution in [0.3, 0.4) is 0 Å². The van der Waals surface area contributed by atoms with E-state index in [1.807, 2.05) is 18.2 Å². The first-order valence-corrected chi connectivity index (χ1v) is 9.20. The first kappa shape index (κ1) is 16.2. The molecule has 1 aromatic heterocycles. The second kappa shape index (κ2) is 6.07. The van der Waals surface area contributed by atoms with E-state index in [2.05, 4.69) is 39.1 Å². The fourth-order valence-electron chi connectivity index (χ4n) is 2.41. The summed E-state index contributed by atoms with van der Waals surface area (Å²) < 4.78 is 27.5. The summed E-state index contributed by atoms with van der Waals surface area (Å²) in [7, 11) is -0.523. The highest BCUT2D eigenvalue weighted by Gasteiger charge is 2.17. The van der Waals surface area contributed by atoms with Gasteiger partial charge in [-0.15, -0.1) is 0 Å². The molecule has 0 bridgehead atoms. The minimum absolute atomic E-state index is 0.573. The number of fused-ring (bicyclic) bond motifs is 1. The van der Waals surface area contributed by atoms with E-state index >= 15 is 0 Å². The maximum absolute atomic E-state index is 12.1. The molecule has 0 saturated heterocycles. The average molecular weight is 394 g/mol. The van der Waals surface area contributed by atoms with E-state index in [9.17, 15) is 8.42 Å². The normalized spacial score (nSPS) is 12.2. The van der Waals surface area contributed by atoms with Gasteiger partial charge in [-0.25, -0.2) is 8.96 Å². The molecule has 7 heteroatoms. The molecule has 120 valence electrons. The van der Waals surface area contributed by atoms with Crippen LogP contribution in [0.25, 0.3) is 10.8 Å². The molecule has 0 aliphatic rings. The molecule has 0 unspecified atom stereocenters. The SMILES string of the molecule is CN(C)S(=O)(=O)n1cnc(Cc2cccc3ccc(Br)cc23)c1. The van der Waals surface area contributed by atoms with E-state index in [1.54, 1.807) is 6.20 Å². The maximum Gasteiger partial charge on any atom is 0.308 e. The summed E-state index contributed by atoms with van der Waals surface area (Å²) in [4.78, 5) is 4.23. The minimum Gasteiger partial charge on any atom is -0.240 e. The van der Waals surface area contributed by atoms with Gasteiger partial charge in [0, 0.05) is 31.2 Å². The van der Waals surface area contributed by atoms with Crippen molar-refractivity contribution in [1.29, 1.82) is 0 Å². The van der Waals surface area contributed by atoms with Crippen molar-refractivity contribution in [3.63, 3.8) is 0 Å². The lowest BCUT2D eigenvalue weighted by Gasteiger charge is -2.10. The molecular weight excluding hydrogens is 378 g/mol. The molecule has 0 N–H and O–H groups in total. The Labute approximate surface area is 143 Å². The molecule has 0 fully saturated rings. The largest absolute Gasteiger partial charge is 0.308 e. The Kier molecular flexibility index (Phi) is 4.27. The van der Waals surface area contributed by atoms with Crippen LogP contribution in [-0.2, 0) is 16.6 Å². The van der Waals surface area contributed by atoms with Crippen LogP contribution in [0, 0.1) is 0 Å². The van der Waals surface area contributed by atoms with E-state index in [0.29, 0.717) is 12.1 Å². The van der Waals surface area contributed by atoms with Crippen molar-refractivity contribution >= 4 is 36.9 Å². The zero-order chi connectivity index (χ0) is 16.6. The molecule has 23 heavy (non-hydrogen) atoms. The van der Waals surface area contributed by atoms with Gasteiger partial charge >= 0.3 is 10.2 Å². The van der Waals surface area contributed by atoms with E-state index < -0.39 is 10.2 Å².